The molecule has 1 aliphatic carbocycles. The van der Waals surface area contributed by atoms with Gasteiger partial charge in [0.2, 0.25) is 11.9 Å². The Morgan fingerprint density at radius 1 is 1.40 bits per heavy atom. The molecule has 0 radical (unpaired) electrons. The lowest BCUT2D eigenvalue weighted by atomic mass is 9.86. The van der Waals surface area contributed by atoms with Crippen molar-refractivity contribution in [1.82, 2.24) is 14.5 Å². The summed E-state index contributed by atoms with van der Waals surface area (Å²) in [7, 11) is 0. The van der Waals surface area contributed by atoms with E-state index in [0.717, 1.165) is 43.5 Å². The van der Waals surface area contributed by atoms with Crippen molar-refractivity contribution in [3.8, 4) is 0 Å². The lowest BCUT2D eigenvalue weighted by Crippen LogP contribution is -2.35. The Balaban J connectivity index is 1.51. The van der Waals surface area contributed by atoms with E-state index in [1.165, 1.54) is 6.42 Å². The summed E-state index contributed by atoms with van der Waals surface area (Å²) in [5.41, 5.74) is 1.58. The number of pyridine rings is 1. The first-order chi connectivity index (χ1) is 12.0. The zero-order valence-corrected chi connectivity index (χ0v) is 15.0. The maximum absolute atomic E-state index is 12.6. The number of nitrogens with one attached hydrogen (secondary N) is 1. The van der Waals surface area contributed by atoms with Crippen LogP contribution in [0.25, 0.3) is 11.2 Å². The van der Waals surface area contributed by atoms with Gasteiger partial charge in [0.25, 0.3) is 0 Å². The van der Waals surface area contributed by atoms with Gasteiger partial charge in [-0.2, -0.15) is 0 Å². The third-order valence-corrected chi connectivity index (χ3v) is 5.41. The van der Waals surface area contributed by atoms with Crippen LogP contribution >= 0.6 is 0 Å². The Morgan fingerprint density at radius 2 is 2.24 bits per heavy atom. The highest BCUT2D eigenvalue weighted by atomic mass is 16.5. The van der Waals surface area contributed by atoms with Crippen molar-refractivity contribution < 1.29 is 9.53 Å². The van der Waals surface area contributed by atoms with E-state index in [9.17, 15) is 4.79 Å². The summed E-state index contributed by atoms with van der Waals surface area (Å²) >= 11 is 0. The van der Waals surface area contributed by atoms with Gasteiger partial charge in [0, 0.05) is 25.3 Å². The second-order valence-electron chi connectivity index (χ2n) is 7.96. The topological polar surface area (TPSA) is 69.0 Å². The number of nitrogens with zero attached hydrogens (tertiary/aromatic N) is 3. The molecule has 2 aromatic rings. The number of amides is 1. The number of aromatic nitrogens is 3. The van der Waals surface area contributed by atoms with Crippen LogP contribution in [0.5, 0.6) is 0 Å². The van der Waals surface area contributed by atoms with Gasteiger partial charge >= 0.3 is 0 Å². The lowest BCUT2D eigenvalue weighted by Gasteiger charge is -2.35. The van der Waals surface area contributed by atoms with Crippen molar-refractivity contribution in [1.29, 1.82) is 0 Å². The molecule has 0 spiro atoms. The Hall–Kier alpha value is -1.95. The van der Waals surface area contributed by atoms with E-state index >= 15 is 0 Å². The monoisotopic (exact) mass is 342 g/mol. The largest absolute Gasteiger partial charge is 0.376 e. The molecule has 1 saturated heterocycles. The van der Waals surface area contributed by atoms with Gasteiger partial charge in [-0.25, -0.2) is 9.97 Å². The standard InChI is InChI=1S/C19H26N4O2/c1-19(2)12-13(8-10-25-19)11-16(24)22-18-21-15-7-4-9-20-17(15)23(18)14-5-3-6-14/h4,7,9,13-14H,3,5-6,8,10-12H2,1-2H3,(H,21,22,24). The molecule has 2 aliphatic rings. The van der Waals surface area contributed by atoms with Crippen LogP contribution in [-0.2, 0) is 9.53 Å². The lowest BCUT2D eigenvalue weighted by molar-refractivity contribution is -0.120. The molecule has 1 N–H and O–H groups in total. The third-order valence-electron chi connectivity index (χ3n) is 5.41. The van der Waals surface area contributed by atoms with Crippen molar-refractivity contribution in [3.05, 3.63) is 18.3 Å². The molecule has 1 atom stereocenters. The minimum atomic E-state index is -0.133. The summed E-state index contributed by atoms with van der Waals surface area (Å²) < 4.78 is 7.87. The summed E-state index contributed by atoms with van der Waals surface area (Å²) in [6.45, 7) is 4.92. The molecule has 3 heterocycles. The van der Waals surface area contributed by atoms with Crippen molar-refractivity contribution >= 4 is 23.0 Å². The molecule has 1 unspecified atom stereocenters. The van der Waals surface area contributed by atoms with Gasteiger partial charge in [0.1, 0.15) is 5.52 Å². The van der Waals surface area contributed by atoms with Gasteiger partial charge in [-0.1, -0.05) is 0 Å². The van der Waals surface area contributed by atoms with E-state index in [0.29, 0.717) is 24.3 Å². The second-order valence-corrected chi connectivity index (χ2v) is 7.96. The smallest absolute Gasteiger partial charge is 0.226 e. The van der Waals surface area contributed by atoms with Crippen molar-refractivity contribution in [2.45, 2.75) is 64.0 Å². The number of rotatable bonds is 4. The first-order valence-electron chi connectivity index (χ1n) is 9.29. The molecule has 0 aromatic carbocycles. The molecule has 134 valence electrons. The van der Waals surface area contributed by atoms with Crippen LogP contribution in [-0.4, -0.2) is 32.7 Å². The highest BCUT2D eigenvalue weighted by molar-refractivity contribution is 5.91. The quantitative estimate of drug-likeness (QED) is 0.920. The molecule has 1 aliphatic heterocycles. The van der Waals surface area contributed by atoms with Gasteiger partial charge < -0.3 is 4.74 Å². The van der Waals surface area contributed by atoms with Gasteiger partial charge in [0.05, 0.1) is 5.60 Å². The minimum absolute atomic E-state index is 0.0404. The van der Waals surface area contributed by atoms with E-state index in [2.05, 4.69) is 33.7 Å². The number of hydrogen-bond donors (Lipinski definition) is 1. The fraction of sp³-hybridized carbons (Fsp3) is 0.632. The van der Waals surface area contributed by atoms with Crippen LogP contribution < -0.4 is 5.32 Å². The molecule has 6 heteroatoms. The predicted molar refractivity (Wildman–Crippen MR) is 96.4 cm³/mol. The van der Waals surface area contributed by atoms with E-state index in [4.69, 9.17) is 4.74 Å². The van der Waals surface area contributed by atoms with Gasteiger partial charge in [-0.3, -0.25) is 14.7 Å². The third kappa shape index (κ3) is 3.40. The van der Waals surface area contributed by atoms with Crippen molar-refractivity contribution in [2.24, 2.45) is 5.92 Å². The molecule has 0 bridgehead atoms. The molecule has 6 nitrogen and oxygen atoms in total. The number of fused-ring (bicyclic) bond motifs is 1. The molecule has 25 heavy (non-hydrogen) atoms. The van der Waals surface area contributed by atoms with E-state index in [1.807, 2.05) is 12.1 Å². The van der Waals surface area contributed by atoms with E-state index < -0.39 is 0 Å². The predicted octanol–water partition coefficient (Wildman–Crippen LogP) is 3.69. The summed E-state index contributed by atoms with van der Waals surface area (Å²) in [5.74, 6) is 1.05. The van der Waals surface area contributed by atoms with Crippen LogP contribution in [0.3, 0.4) is 0 Å². The van der Waals surface area contributed by atoms with Crippen LogP contribution in [0.1, 0.15) is 58.4 Å². The average molecular weight is 342 g/mol. The zero-order valence-electron chi connectivity index (χ0n) is 15.0. The fourth-order valence-electron chi connectivity index (χ4n) is 3.98. The van der Waals surface area contributed by atoms with Crippen molar-refractivity contribution in [3.63, 3.8) is 0 Å². The molecule has 1 saturated carbocycles. The number of anilines is 1. The second kappa shape index (κ2) is 6.41. The molecule has 4 rings (SSSR count). The van der Waals surface area contributed by atoms with Crippen molar-refractivity contribution in [2.75, 3.05) is 11.9 Å². The number of carbonyl (C=O) groups excluding carboxylic acids is 1. The average Bonchev–Trinajstić information content (AvgIpc) is 2.83. The first kappa shape index (κ1) is 16.5. The van der Waals surface area contributed by atoms with Crippen LogP contribution in [0.4, 0.5) is 5.95 Å². The molecule has 1 amide bonds. The number of imidazole rings is 1. The maximum Gasteiger partial charge on any atom is 0.226 e. The van der Waals surface area contributed by atoms with Crippen LogP contribution in [0.15, 0.2) is 18.3 Å². The number of hydrogen-bond acceptors (Lipinski definition) is 4. The van der Waals surface area contributed by atoms with Gasteiger partial charge in [0.15, 0.2) is 5.65 Å². The summed E-state index contributed by atoms with van der Waals surface area (Å²) in [6.07, 6.45) is 7.64. The molecular formula is C19H26N4O2. The van der Waals surface area contributed by atoms with Gasteiger partial charge in [-0.05, 0) is 64.0 Å². The minimum Gasteiger partial charge on any atom is -0.376 e. The number of carbonyl (C=O) groups is 1. The molecule has 2 aromatic heterocycles. The summed E-state index contributed by atoms with van der Waals surface area (Å²) in [5, 5.41) is 3.06. The number of ether oxygens (including phenoxy) is 1. The van der Waals surface area contributed by atoms with Crippen LogP contribution in [0.2, 0.25) is 0 Å². The van der Waals surface area contributed by atoms with E-state index in [1.54, 1.807) is 6.20 Å². The Bertz CT molecular complexity index is 779. The van der Waals surface area contributed by atoms with Gasteiger partial charge in [-0.15, -0.1) is 0 Å². The van der Waals surface area contributed by atoms with Crippen LogP contribution in [0, 0.1) is 5.92 Å². The highest BCUT2D eigenvalue weighted by Crippen LogP contribution is 2.37. The maximum atomic E-state index is 12.6. The first-order valence-corrected chi connectivity index (χ1v) is 9.29. The Kier molecular flexibility index (Phi) is 4.23. The molecular weight excluding hydrogens is 316 g/mol. The summed E-state index contributed by atoms with van der Waals surface area (Å²) in [6, 6.07) is 4.24. The zero-order chi connectivity index (χ0) is 17.4. The molecule has 2 fully saturated rings. The Morgan fingerprint density at radius 3 is 2.96 bits per heavy atom. The SMILES string of the molecule is CC1(C)CC(CC(=O)Nc2nc3cccnc3n2C2CCC2)CCO1. The summed E-state index contributed by atoms with van der Waals surface area (Å²) in [4.78, 5) is 21.7. The van der Waals surface area contributed by atoms with E-state index in [-0.39, 0.29) is 11.5 Å². The normalized spacial score (nSPS) is 23.4. The highest BCUT2D eigenvalue weighted by Gasteiger charge is 2.31. The fourth-order valence-corrected chi connectivity index (χ4v) is 3.98. The Labute approximate surface area is 148 Å².